The zero-order chi connectivity index (χ0) is 18.0. The van der Waals surface area contributed by atoms with Gasteiger partial charge in [0.15, 0.2) is 0 Å². The summed E-state index contributed by atoms with van der Waals surface area (Å²) in [6, 6.07) is 7.47. The van der Waals surface area contributed by atoms with E-state index in [1.54, 1.807) is 26.5 Å². The van der Waals surface area contributed by atoms with Gasteiger partial charge in [0.2, 0.25) is 0 Å². The van der Waals surface area contributed by atoms with Crippen LogP contribution in [-0.2, 0) is 10.2 Å². The Morgan fingerprint density at radius 2 is 2.08 bits per heavy atom. The monoisotopic (exact) mass is 380 g/mol. The Bertz CT molecular complexity index is 857. The van der Waals surface area contributed by atoms with Crippen LogP contribution in [0.2, 0.25) is 5.02 Å². The maximum atomic E-state index is 12.4. The molecule has 1 saturated heterocycles. The molecule has 0 amide bonds. The van der Waals surface area contributed by atoms with Gasteiger partial charge in [-0.15, -0.1) is 0 Å². The van der Waals surface area contributed by atoms with Crippen LogP contribution in [0.3, 0.4) is 0 Å². The van der Waals surface area contributed by atoms with Crippen molar-refractivity contribution in [2.24, 2.45) is 0 Å². The first kappa shape index (κ1) is 18.3. The Labute approximate surface area is 153 Å². The number of rotatable bonds is 4. The second-order valence-corrected chi connectivity index (χ2v) is 8.91. The highest BCUT2D eigenvalue weighted by molar-refractivity contribution is 7.86. The van der Waals surface area contributed by atoms with Crippen molar-refractivity contribution in [2.45, 2.75) is 18.8 Å². The Balaban J connectivity index is 1.86. The van der Waals surface area contributed by atoms with Crippen molar-refractivity contribution < 1.29 is 8.42 Å². The van der Waals surface area contributed by atoms with Crippen LogP contribution >= 0.6 is 11.6 Å². The second kappa shape index (κ2) is 7.37. The van der Waals surface area contributed by atoms with Gasteiger partial charge in [-0.1, -0.05) is 23.7 Å². The quantitative estimate of drug-likeness (QED) is 0.818. The Morgan fingerprint density at radius 3 is 2.80 bits per heavy atom. The van der Waals surface area contributed by atoms with Crippen LogP contribution in [0.1, 0.15) is 24.5 Å². The largest absolute Gasteiger partial charge is 0.281 e. The molecule has 2 aromatic rings. The molecular weight excluding hydrogens is 360 g/mol. The van der Waals surface area contributed by atoms with Crippen molar-refractivity contribution in [1.82, 2.24) is 18.6 Å². The molecule has 1 unspecified atom stereocenters. The summed E-state index contributed by atoms with van der Waals surface area (Å²) in [6.07, 6.45) is 5.13. The van der Waals surface area contributed by atoms with Crippen LogP contribution in [0, 0.1) is 0 Å². The maximum absolute atomic E-state index is 12.4. The van der Waals surface area contributed by atoms with Crippen LogP contribution in [0.15, 0.2) is 36.7 Å². The molecule has 0 N–H and O–H groups in total. The van der Waals surface area contributed by atoms with Crippen LogP contribution < -0.4 is 0 Å². The van der Waals surface area contributed by atoms with Gasteiger partial charge in [-0.05, 0) is 25.0 Å². The van der Waals surface area contributed by atoms with Gasteiger partial charge in [0.05, 0.1) is 17.6 Å². The Morgan fingerprint density at radius 1 is 1.28 bits per heavy atom. The van der Waals surface area contributed by atoms with Crippen LogP contribution in [0.5, 0.6) is 0 Å². The van der Waals surface area contributed by atoms with Crippen molar-refractivity contribution >= 4 is 21.8 Å². The molecule has 0 saturated carbocycles. The third kappa shape index (κ3) is 4.00. The average molecular weight is 381 g/mol. The van der Waals surface area contributed by atoms with Gasteiger partial charge in [0, 0.05) is 49.9 Å². The van der Waals surface area contributed by atoms with E-state index < -0.39 is 10.2 Å². The van der Waals surface area contributed by atoms with E-state index in [9.17, 15) is 8.42 Å². The number of benzene rings is 1. The average Bonchev–Trinajstić information content (AvgIpc) is 2.62. The summed E-state index contributed by atoms with van der Waals surface area (Å²) in [5, 5.41) is 0.644. The van der Waals surface area contributed by atoms with E-state index in [0.717, 1.165) is 29.8 Å². The highest BCUT2D eigenvalue weighted by Gasteiger charge is 2.31. The topological polar surface area (TPSA) is 66.4 Å². The zero-order valence-electron chi connectivity index (χ0n) is 14.3. The van der Waals surface area contributed by atoms with E-state index in [-0.39, 0.29) is 5.92 Å². The molecule has 1 aromatic carbocycles. The van der Waals surface area contributed by atoms with E-state index in [1.807, 2.05) is 24.3 Å². The molecule has 0 radical (unpaired) electrons. The minimum absolute atomic E-state index is 0.0371. The van der Waals surface area contributed by atoms with Gasteiger partial charge in [-0.3, -0.25) is 4.98 Å². The molecule has 1 atom stereocenters. The molecule has 6 nitrogen and oxygen atoms in total. The molecule has 3 rings (SSSR count). The highest BCUT2D eigenvalue weighted by Crippen LogP contribution is 2.29. The van der Waals surface area contributed by atoms with Gasteiger partial charge in [-0.25, -0.2) is 4.98 Å². The van der Waals surface area contributed by atoms with Crippen LogP contribution in [-0.4, -0.2) is 54.2 Å². The molecule has 1 aliphatic rings. The minimum Gasteiger partial charge on any atom is -0.261 e. The van der Waals surface area contributed by atoms with E-state index in [1.165, 1.54) is 8.61 Å². The Hall–Kier alpha value is -1.54. The first-order valence-electron chi connectivity index (χ1n) is 8.13. The van der Waals surface area contributed by atoms with Gasteiger partial charge in [0.25, 0.3) is 10.2 Å². The highest BCUT2D eigenvalue weighted by atomic mass is 35.5. The number of hydrogen-bond acceptors (Lipinski definition) is 4. The summed E-state index contributed by atoms with van der Waals surface area (Å²) in [6.45, 7) is 0.965. The molecule has 0 spiro atoms. The summed E-state index contributed by atoms with van der Waals surface area (Å²) in [5.74, 6) is 0.0371. The fourth-order valence-electron chi connectivity index (χ4n) is 2.99. The Kier molecular flexibility index (Phi) is 5.38. The third-order valence-corrected chi connectivity index (χ3v) is 6.51. The number of nitrogens with zero attached hydrogens (tertiary/aromatic N) is 4. The fourth-order valence-corrected chi connectivity index (χ4v) is 4.37. The zero-order valence-corrected chi connectivity index (χ0v) is 15.8. The summed E-state index contributed by atoms with van der Waals surface area (Å²) in [7, 11) is -0.300. The molecule has 25 heavy (non-hydrogen) atoms. The predicted octanol–water partition coefficient (Wildman–Crippen LogP) is 2.78. The van der Waals surface area contributed by atoms with Crippen molar-refractivity contribution in [3.05, 3.63) is 47.4 Å². The SMILES string of the molecule is CN(C)S(=O)(=O)N1CCCC(c2cncc(-c3cccc(Cl)c3)n2)C1. The molecule has 1 fully saturated rings. The van der Waals surface area contributed by atoms with Crippen LogP contribution in [0.4, 0.5) is 0 Å². The number of aromatic nitrogens is 2. The van der Waals surface area contributed by atoms with E-state index in [4.69, 9.17) is 16.6 Å². The van der Waals surface area contributed by atoms with Gasteiger partial charge in [0.1, 0.15) is 0 Å². The lowest BCUT2D eigenvalue weighted by Crippen LogP contribution is -2.45. The first-order chi connectivity index (χ1) is 11.9. The van der Waals surface area contributed by atoms with E-state index in [2.05, 4.69) is 4.98 Å². The molecule has 8 heteroatoms. The maximum Gasteiger partial charge on any atom is 0.281 e. The van der Waals surface area contributed by atoms with E-state index >= 15 is 0 Å². The molecule has 1 aliphatic heterocycles. The van der Waals surface area contributed by atoms with Gasteiger partial charge in [-0.2, -0.15) is 17.0 Å². The number of halogens is 1. The number of piperidine rings is 1. The minimum atomic E-state index is -3.41. The summed E-state index contributed by atoms with van der Waals surface area (Å²) < 4.78 is 27.6. The van der Waals surface area contributed by atoms with Crippen molar-refractivity contribution in [2.75, 3.05) is 27.2 Å². The smallest absolute Gasteiger partial charge is 0.261 e. The number of hydrogen-bond donors (Lipinski definition) is 0. The molecule has 0 aliphatic carbocycles. The molecule has 2 heterocycles. The summed E-state index contributed by atoms with van der Waals surface area (Å²) >= 11 is 6.06. The lowest BCUT2D eigenvalue weighted by atomic mass is 9.96. The normalized spacial score (nSPS) is 19.3. The van der Waals surface area contributed by atoms with Crippen molar-refractivity contribution in [3.63, 3.8) is 0 Å². The van der Waals surface area contributed by atoms with Gasteiger partial charge < -0.3 is 0 Å². The molecule has 0 bridgehead atoms. The lowest BCUT2D eigenvalue weighted by molar-refractivity contribution is 0.296. The van der Waals surface area contributed by atoms with Crippen molar-refractivity contribution in [3.8, 4) is 11.3 Å². The lowest BCUT2D eigenvalue weighted by Gasteiger charge is -2.33. The van der Waals surface area contributed by atoms with Gasteiger partial charge >= 0.3 is 0 Å². The second-order valence-electron chi connectivity index (χ2n) is 6.33. The first-order valence-corrected chi connectivity index (χ1v) is 9.91. The summed E-state index contributed by atoms with van der Waals surface area (Å²) in [5.41, 5.74) is 2.46. The standard InChI is InChI=1S/C17H21ClN4O2S/c1-21(2)25(23,24)22-8-4-6-14(12-22)17-11-19-10-16(20-17)13-5-3-7-15(18)9-13/h3,5,7,9-11,14H,4,6,8,12H2,1-2H3. The molecular formula is C17H21ClN4O2S. The fraction of sp³-hybridized carbons (Fsp3) is 0.412. The van der Waals surface area contributed by atoms with Crippen LogP contribution in [0.25, 0.3) is 11.3 Å². The van der Waals surface area contributed by atoms with Crippen molar-refractivity contribution in [1.29, 1.82) is 0 Å². The summed E-state index contributed by atoms with van der Waals surface area (Å²) in [4.78, 5) is 9.02. The molecule has 134 valence electrons. The van der Waals surface area contributed by atoms with E-state index in [0.29, 0.717) is 18.1 Å². The molecule has 1 aromatic heterocycles. The third-order valence-electron chi connectivity index (χ3n) is 4.36. The predicted molar refractivity (Wildman–Crippen MR) is 98.6 cm³/mol.